The highest BCUT2D eigenvalue weighted by Gasteiger charge is 1.91. The van der Waals surface area contributed by atoms with Crippen molar-refractivity contribution in [2.24, 2.45) is 16.5 Å². The van der Waals surface area contributed by atoms with E-state index in [-0.39, 0.29) is 5.96 Å². The van der Waals surface area contributed by atoms with Crippen LogP contribution in [-0.4, -0.2) is 5.96 Å². The van der Waals surface area contributed by atoms with Gasteiger partial charge in [-0.15, -0.1) is 5.73 Å². The summed E-state index contributed by atoms with van der Waals surface area (Å²) in [5, 5.41) is 0. The molecule has 2 aromatic rings. The first-order valence-electron chi connectivity index (χ1n) is 6.36. The van der Waals surface area contributed by atoms with Gasteiger partial charge in [-0.05, 0) is 28.8 Å². The molecule has 0 saturated heterocycles. The van der Waals surface area contributed by atoms with E-state index in [2.05, 4.69) is 10.7 Å². The van der Waals surface area contributed by atoms with Crippen LogP contribution in [0.2, 0.25) is 0 Å². The minimum absolute atomic E-state index is 0.111. The third-order valence-electron chi connectivity index (χ3n) is 2.72. The van der Waals surface area contributed by atoms with E-state index >= 15 is 0 Å². The SMILES string of the molecule is NC(N)=NCc1ccc(C=C=Cc2ccccc2)cc1. The van der Waals surface area contributed by atoms with Crippen LogP contribution in [0.25, 0.3) is 12.2 Å². The van der Waals surface area contributed by atoms with Gasteiger partial charge in [0, 0.05) is 0 Å². The van der Waals surface area contributed by atoms with Crippen LogP contribution < -0.4 is 11.5 Å². The van der Waals surface area contributed by atoms with Gasteiger partial charge in [0.1, 0.15) is 0 Å². The highest BCUT2D eigenvalue weighted by Crippen LogP contribution is 2.07. The average molecular weight is 263 g/mol. The van der Waals surface area contributed by atoms with Crippen molar-refractivity contribution in [1.82, 2.24) is 0 Å². The lowest BCUT2D eigenvalue weighted by atomic mass is 10.1. The van der Waals surface area contributed by atoms with Crippen molar-refractivity contribution in [3.8, 4) is 0 Å². The Morgan fingerprint density at radius 1 is 0.900 bits per heavy atom. The van der Waals surface area contributed by atoms with Crippen LogP contribution in [0, 0.1) is 0 Å². The van der Waals surface area contributed by atoms with Gasteiger partial charge in [0.05, 0.1) is 6.54 Å². The molecule has 2 aromatic carbocycles. The molecule has 0 spiro atoms. The predicted octanol–water partition coefficient (Wildman–Crippen LogP) is 2.79. The van der Waals surface area contributed by atoms with Crippen LogP contribution in [0.15, 0.2) is 65.3 Å². The topological polar surface area (TPSA) is 64.4 Å². The molecule has 0 atom stereocenters. The van der Waals surface area contributed by atoms with Crippen LogP contribution in [0.4, 0.5) is 0 Å². The molecule has 3 heteroatoms. The smallest absolute Gasteiger partial charge is 0.186 e. The molecule has 0 bridgehead atoms. The van der Waals surface area contributed by atoms with Gasteiger partial charge in [0.25, 0.3) is 0 Å². The molecule has 0 radical (unpaired) electrons. The first kappa shape index (κ1) is 13.7. The standard InChI is InChI=1S/C17H17N3/c18-17(19)20-13-16-11-9-15(10-12-16)8-4-7-14-5-2-1-3-6-14/h1-3,5-12H,13H2,(H4,18,19,20). The van der Waals surface area contributed by atoms with Crippen LogP contribution in [0.5, 0.6) is 0 Å². The summed E-state index contributed by atoms with van der Waals surface area (Å²) >= 11 is 0. The molecule has 2 rings (SSSR count). The van der Waals surface area contributed by atoms with E-state index in [1.165, 1.54) is 0 Å². The number of hydrogen-bond donors (Lipinski definition) is 2. The molecule has 100 valence electrons. The molecule has 20 heavy (non-hydrogen) atoms. The van der Waals surface area contributed by atoms with Gasteiger partial charge in [0.2, 0.25) is 0 Å². The zero-order valence-corrected chi connectivity index (χ0v) is 11.2. The van der Waals surface area contributed by atoms with E-state index < -0.39 is 0 Å². The van der Waals surface area contributed by atoms with E-state index in [0.717, 1.165) is 16.7 Å². The van der Waals surface area contributed by atoms with Gasteiger partial charge in [-0.3, -0.25) is 0 Å². The van der Waals surface area contributed by atoms with Crippen molar-refractivity contribution < 1.29 is 0 Å². The normalized spacial score (nSPS) is 9.40. The monoisotopic (exact) mass is 263 g/mol. The third-order valence-corrected chi connectivity index (χ3v) is 2.72. The van der Waals surface area contributed by atoms with Gasteiger partial charge in [-0.1, -0.05) is 54.6 Å². The minimum Gasteiger partial charge on any atom is -0.370 e. The molecule has 0 aliphatic heterocycles. The third kappa shape index (κ3) is 4.48. The molecule has 0 aliphatic rings. The number of guanidine groups is 1. The van der Waals surface area contributed by atoms with Crippen molar-refractivity contribution in [1.29, 1.82) is 0 Å². The zero-order valence-electron chi connectivity index (χ0n) is 11.2. The first-order chi connectivity index (χ1) is 9.74. The summed E-state index contributed by atoms with van der Waals surface area (Å²) in [6, 6.07) is 18.1. The largest absolute Gasteiger partial charge is 0.370 e. The molecule has 0 fully saturated rings. The summed E-state index contributed by atoms with van der Waals surface area (Å²) in [6.45, 7) is 0.506. The molecule has 0 aromatic heterocycles. The Bertz CT molecular complexity index is 630. The van der Waals surface area contributed by atoms with E-state index in [1.807, 2.05) is 66.7 Å². The zero-order chi connectivity index (χ0) is 14.2. The Hall–Kier alpha value is -2.77. The highest BCUT2D eigenvalue weighted by atomic mass is 15.0. The maximum Gasteiger partial charge on any atom is 0.186 e. The van der Waals surface area contributed by atoms with Crippen molar-refractivity contribution >= 4 is 18.1 Å². The number of aliphatic imine (C=N–C) groups is 1. The number of nitrogens with two attached hydrogens (primary N) is 2. The lowest BCUT2D eigenvalue weighted by molar-refractivity contribution is 1.05. The molecule has 0 amide bonds. The first-order valence-corrected chi connectivity index (χ1v) is 6.36. The molecule has 0 saturated carbocycles. The molecule has 4 N–H and O–H groups in total. The number of rotatable bonds is 4. The fraction of sp³-hybridized carbons (Fsp3) is 0.0588. The maximum absolute atomic E-state index is 5.30. The summed E-state index contributed by atoms with van der Waals surface area (Å²) in [6.07, 6.45) is 3.89. The van der Waals surface area contributed by atoms with Gasteiger partial charge < -0.3 is 11.5 Å². The van der Waals surface area contributed by atoms with Gasteiger partial charge in [-0.2, -0.15) is 0 Å². The Morgan fingerprint density at radius 3 is 2.10 bits per heavy atom. The molecular weight excluding hydrogens is 246 g/mol. The van der Waals surface area contributed by atoms with Crippen LogP contribution in [-0.2, 0) is 6.54 Å². The minimum atomic E-state index is 0.111. The fourth-order valence-corrected chi connectivity index (χ4v) is 1.69. The Morgan fingerprint density at radius 2 is 1.50 bits per heavy atom. The Labute approximate surface area is 119 Å². The second kappa shape index (κ2) is 6.98. The second-order valence-electron chi connectivity index (χ2n) is 4.35. The molecule has 3 nitrogen and oxygen atoms in total. The quantitative estimate of drug-likeness (QED) is 0.506. The predicted molar refractivity (Wildman–Crippen MR) is 84.8 cm³/mol. The Kier molecular flexibility index (Phi) is 4.76. The van der Waals surface area contributed by atoms with E-state index in [9.17, 15) is 0 Å². The number of benzene rings is 2. The van der Waals surface area contributed by atoms with Crippen LogP contribution >= 0.6 is 0 Å². The average Bonchev–Trinajstić information content (AvgIpc) is 2.47. The lowest BCUT2D eigenvalue weighted by Crippen LogP contribution is -2.22. The summed E-state index contributed by atoms with van der Waals surface area (Å²) in [7, 11) is 0. The van der Waals surface area contributed by atoms with Crippen molar-refractivity contribution in [3.63, 3.8) is 0 Å². The number of hydrogen-bond acceptors (Lipinski definition) is 1. The van der Waals surface area contributed by atoms with Crippen LogP contribution in [0.3, 0.4) is 0 Å². The molecular formula is C17H17N3. The summed E-state index contributed by atoms with van der Waals surface area (Å²) in [5.41, 5.74) is 17.1. The van der Waals surface area contributed by atoms with E-state index in [0.29, 0.717) is 6.54 Å². The fourth-order valence-electron chi connectivity index (χ4n) is 1.69. The lowest BCUT2D eigenvalue weighted by Gasteiger charge is -1.98. The maximum atomic E-state index is 5.30. The molecule has 0 heterocycles. The number of nitrogens with zero attached hydrogens (tertiary/aromatic N) is 1. The molecule has 0 aliphatic carbocycles. The van der Waals surface area contributed by atoms with Gasteiger partial charge in [-0.25, -0.2) is 4.99 Å². The van der Waals surface area contributed by atoms with Crippen molar-refractivity contribution in [3.05, 3.63) is 77.0 Å². The molecule has 0 unspecified atom stereocenters. The van der Waals surface area contributed by atoms with E-state index in [1.54, 1.807) is 0 Å². The Balaban J connectivity index is 2.04. The highest BCUT2D eigenvalue weighted by molar-refractivity contribution is 5.75. The summed E-state index contributed by atoms with van der Waals surface area (Å²) < 4.78 is 0. The van der Waals surface area contributed by atoms with Crippen molar-refractivity contribution in [2.75, 3.05) is 0 Å². The second-order valence-corrected chi connectivity index (χ2v) is 4.35. The van der Waals surface area contributed by atoms with Gasteiger partial charge >= 0.3 is 0 Å². The summed E-state index contributed by atoms with van der Waals surface area (Å²) in [4.78, 5) is 3.97. The van der Waals surface area contributed by atoms with Gasteiger partial charge in [0.15, 0.2) is 5.96 Å². The van der Waals surface area contributed by atoms with Crippen LogP contribution in [0.1, 0.15) is 16.7 Å². The van der Waals surface area contributed by atoms with Crippen molar-refractivity contribution in [2.45, 2.75) is 6.54 Å². The summed E-state index contributed by atoms with van der Waals surface area (Å²) in [5.74, 6) is 0.111. The van der Waals surface area contributed by atoms with E-state index in [4.69, 9.17) is 11.5 Å².